The number of halogens is 3. The van der Waals surface area contributed by atoms with Gasteiger partial charge in [0.1, 0.15) is 5.69 Å². The molecule has 1 amide bonds. The maximum atomic E-state index is 15.8. The number of anilines is 1. The van der Waals surface area contributed by atoms with Crippen LogP contribution in [-0.4, -0.2) is 58.0 Å². The molecule has 4 heterocycles. The van der Waals surface area contributed by atoms with E-state index < -0.39 is 47.3 Å². The zero-order valence-electron chi connectivity index (χ0n) is 22.7. The van der Waals surface area contributed by atoms with Crippen LogP contribution in [-0.2, 0) is 0 Å². The molecule has 0 radical (unpaired) electrons. The third-order valence-electron chi connectivity index (χ3n) is 5.82. The summed E-state index contributed by atoms with van der Waals surface area (Å²) in [7, 11) is 0. The number of nitrogens with one attached hydrogen (secondary N) is 1. The lowest BCUT2D eigenvalue weighted by molar-refractivity contribution is 0.0834. The van der Waals surface area contributed by atoms with Gasteiger partial charge in [-0.05, 0) is 64.5 Å². The molecule has 1 saturated heterocycles. The number of pyridine rings is 3. The van der Waals surface area contributed by atoms with Crippen molar-refractivity contribution in [1.29, 1.82) is 0 Å². The fraction of sp³-hybridized carbons (Fsp3) is 0.360. The second kappa shape index (κ2) is 10.1. The van der Waals surface area contributed by atoms with Gasteiger partial charge in [-0.2, -0.15) is 4.39 Å². The Morgan fingerprint density at radius 1 is 1.28 bits per heavy atom. The highest BCUT2D eigenvalue weighted by molar-refractivity contribution is 5.97. The number of likely N-dealkylation sites (N-methyl/N-ethyl adjacent to an activating group) is 1. The predicted octanol–water partition coefficient (Wildman–Crippen LogP) is 3.82. The SMILES string of the molecule is [2H]C([2H])([2H])N1CCC[C@@](C)(NC(=O)c2cc(-c3cnc(OCC)c(F)c3)nc(-c3ccc(N)c(F)n3)c2F)C1. The predicted molar refractivity (Wildman–Crippen MR) is 129 cm³/mol. The second-order valence-corrected chi connectivity index (χ2v) is 8.78. The molecule has 190 valence electrons. The van der Waals surface area contributed by atoms with Gasteiger partial charge < -0.3 is 20.7 Å². The summed E-state index contributed by atoms with van der Waals surface area (Å²) >= 11 is 0. The normalized spacial score (nSPS) is 19.8. The minimum Gasteiger partial charge on any atom is -0.476 e. The van der Waals surface area contributed by atoms with Crippen molar-refractivity contribution >= 4 is 11.6 Å². The van der Waals surface area contributed by atoms with E-state index in [-0.39, 0.29) is 41.7 Å². The fourth-order valence-corrected chi connectivity index (χ4v) is 4.08. The Morgan fingerprint density at radius 2 is 2.08 bits per heavy atom. The number of nitrogen functional groups attached to an aromatic ring is 1. The van der Waals surface area contributed by atoms with Gasteiger partial charge >= 0.3 is 0 Å². The number of amides is 1. The number of hydrogen-bond acceptors (Lipinski definition) is 7. The number of carbonyl (C=O) groups is 1. The summed E-state index contributed by atoms with van der Waals surface area (Å²) in [6, 6.07) is 4.60. The third-order valence-corrected chi connectivity index (χ3v) is 5.82. The molecule has 1 aliphatic rings. The number of piperidine rings is 1. The van der Waals surface area contributed by atoms with Gasteiger partial charge in [0.2, 0.25) is 11.8 Å². The monoisotopic (exact) mass is 503 g/mol. The summed E-state index contributed by atoms with van der Waals surface area (Å²) in [5.41, 5.74) is 3.11. The Hall–Kier alpha value is -3.73. The van der Waals surface area contributed by atoms with E-state index in [2.05, 4.69) is 20.3 Å². The highest BCUT2D eigenvalue weighted by Gasteiger charge is 2.33. The van der Waals surface area contributed by atoms with Crippen LogP contribution in [0.1, 0.15) is 41.2 Å². The van der Waals surface area contributed by atoms with E-state index >= 15 is 4.39 Å². The molecule has 8 nitrogen and oxygen atoms in total. The van der Waals surface area contributed by atoms with Crippen molar-refractivity contribution in [2.24, 2.45) is 0 Å². The lowest BCUT2D eigenvalue weighted by Gasteiger charge is -2.39. The molecule has 0 aliphatic carbocycles. The first-order valence-corrected chi connectivity index (χ1v) is 11.3. The molecule has 11 heteroatoms. The van der Waals surface area contributed by atoms with Crippen LogP contribution in [0.3, 0.4) is 0 Å². The number of nitrogens with zero attached hydrogens (tertiary/aromatic N) is 4. The number of likely N-dealkylation sites (tertiary alicyclic amines) is 1. The van der Waals surface area contributed by atoms with Crippen LogP contribution in [0, 0.1) is 17.6 Å². The van der Waals surface area contributed by atoms with Crippen LogP contribution in [0.5, 0.6) is 5.88 Å². The zero-order valence-corrected chi connectivity index (χ0v) is 19.7. The molecule has 1 atom stereocenters. The molecule has 0 aromatic carbocycles. The highest BCUT2D eigenvalue weighted by atomic mass is 19.1. The summed E-state index contributed by atoms with van der Waals surface area (Å²) in [6.07, 6.45) is 2.19. The smallest absolute Gasteiger partial charge is 0.254 e. The van der Waals surface area contributed by atoms with Gasteiger partial charge in [0, 0.05) is 22.4 Å². The fourth-order valence-electron chi connectivity index (χ4n) is 4.08. The average molecular weight is 504 g/mol. The van der Waals surface area contributed by atoms with E-state index in [0.717, 1.165) is 12.1 Å². The molecule has 4 rings (SSSR count). The van der Waals surface area contributed by atoms with Crippen LogP contribution < -0.4 is 15.8 Å². The summed E-state index contributed by atoms with van der Waals surface area (Å²) in [6.45, 7) is 1.50. The van der Waals surface area contributed by atoms with Gasteiger partial charge in [-0.1, -0.05) is 0 Å². The molecule has 0 bridgehead atoms. The Bertz CT molecular complexity index is 1410. The molecule has 3 aromatic heterocycles. The van der Waals surface area contributed by atoms with Crippen molar-refractivity contribution in [3.05, 3.63) is 53.6 Å². The van der Waals surface area contributed by atoms with Crippen LogP contribution >= 0.6 is 0 Å². The molecular weight excluding hydrogens is 473 g/mol. The van der Waals surface area contributed by atoms with Gasteiger partial charge in [-0.3, -0.25) is 4.79 Å². The molecule has 0 spiro atoms. The van der Waals surface area contributed by atoms with E-state index in [1.165, 1.54) is 23.2 Å². The van der Waals surface area contributed by atoms with Gasteiger partial charge in [-0.15, -0.1) is 0 Å². The number of ether oxygens (including phenoxy) is 1. The average Bonchev–Trinajstić information content (AvgIpc) is 2.86. The maximum Gasteiger partial charge on any atom is 0.254 e. The Kier molecular flexibility index (Phi) is 6.04. The topological polar surface area (TPSA) is 106 Å². The quantitative estimate of drug-likeness (QED) is 0.493. The van der Waals surface area contributed by atoms with Crippen molar-refractivity contribution < 1.29 is 26.8 Å². The van der Waals surface area contributed by atoms with E-state index in [1.54, 1.807) is 13.8 Å². The van der Waals surface area contributed by atoms with Crippen molar-refractivity contribution in [3.8, 4) is 28.5 Å². The lowest BCUT2D eigenvalue weighted by Crippen LogP contribution is -2.56. The number of hydrogen-bond donors (Lipinski definition) is 2. The first-order valence-electron chi connectivity index (χ1n) is 12.8. The Balaban J connectivity index is 1.79. The minimum atomic E-state index is -2.36. The first-order chi connectivity index (χ1) is 18.3. The van der Waals surface area contributed by atoms with Crippen molar-refractivity contribution in [2.45, 2.75) is 32.2 Å². The molecule has 3 aromatic rings. The zero-order chi connectivity index (χ0) is 28.5. The lowest BCUT2D eigenvalue weighted by atomic mass is 9.91. The second-order valence-electron chi connectivity index (χ2n) is 8.78. The Morgan fingerprint density at radius 3 is 2.78 bits per heavy atom. The van der Waals surface area contributed by atoms with Gasteiger partial charge in [0.25, 0.3) is 5.91 Å². The van der Waals surface area contributed by atoms with Crippen molar-refractivity contribution in [3.63, 3.8) is 0 Å². The summed E-state index contributed by atoms with van der Waals surface area (Å²) in [4.78, 5) is 26.5. The van der Waals surface area contributed by atoms with Gasteiger partial charge in [0.05, 0.1) is 34.8 Å². The van der Waals surface area contributed by atoms with Crippen LogP contribution in [0.2, 0.25) is 0 Å². The van der Waals surface area contributed by atoms with Crippen LogP contribution in [0.25, 0.3) is 22.6 Å². The molecular formula is C25H27F3N6O2. The third kappa shape index (κ3) is 5.25. The van der Waals surface area contributed by atoms with Crippen molar-refractivity contribution in [1.82, 2.24) is 25.2 Å². The number of carbonyl (C=O) groups excluding carboxylic acids is 1. The molecule has 1 aliphatic heterocycles. The molecule has 0 unspecified atom stereocenters. The summed E-state index contributed by atoms with van der Waals surface area (Å²) < 4.78 is 72.8. The summed E-state index contributed by atoms with van der Waals surface area (Å²) in [5.74, 6) is -4.06. The largest absolute Gasteiger partial charge is 0.476 e. The standard InChI is InChI=1S/C25H27F3N6O2/c1-4-36-24-16(26)10-14(12-30-24)19-11-15(23(35)33-25(2)8-5-9-34(3)13-25)20(27)21(31-19)18-7-6-17(29)22(28)32-18/h6-7,10-12H,4-5,8-9,13,29H2,1-3H3,(H,33,35)/t25-/m1/s1/i3D3. The highest BCUT2D eigenvalue weighted by Crippen LogP contribution is 2.30. The summed E-state index contributed by atoms with van der Waals surface area (Å²) in [5, 5.41) is 2.75. The Labute approximate surface area is 210 Å². The minimum absolute atomic E-state index is 0.0143. The molecule has 0 saturated carbocycles. The number of aromatic nitrogens is 3. The first kappa shape index (κ1) is 21.5. The van der Waals surface area contributed by atoms with Gasteiger partial charge in [-0.25, -0.2) is 23.7 Å². The number of rotatable bonds is 6. The van der Waals surface area contributed by atoms with Crippen LogP contribution in [0.15, 0.2) is 30.5 Å². The van der Waals surface area contributed by atoms with Crippen LogP contribution in [0.4, 0.5) is 18.9 Å². The molecule has 36 heavy (non-hydrogen) atoms. The van der Waals surface area contributed by atoms with Gasteiger partial charge in [0.15, 0.2) is 11.6 Å². The number of nitrogens with two attached hydrogens (primary N) is 1. The van der Waals surface area contributed by atoms with E-state index in [0.29, 0.717) is 19.4 Å². The van der Waals surface area contributed by atoms with E-state index in [9.17, 15) is 13.6 Å². The van der Waals surface area contributed by atoms with E-state index in [4.69, 9.17) is 14.6 Å². The maximum absolute atomic E-state index is 15.8. The van der Waals surface area contributed by atoms with E-state index in [1.807, 2.05) is 0 Å². The molecule has 3 N–H and O–H groups in total. The molecule has 1 fully saturated rings. The van der Waals surface area contributed by atoms with Crippen molar-refractivity contribution in [2.75, 3.05) is 32.4 Å².